The predicted molar refractivity (Wildman–Crippen MR) is 34.0 cm³/mol. The minimum absolute atomic E-state index is 0.0423. The van der Waals surface area contributed by atoms with Gasteiger partial charge < -0.3 is 5.11 Å². The zero-order chi connectivity index (χ0) is 7.56. The van der Waals surface area contributed by atoms with Crippen LogP contribution in [0, 0.1) is 11.3 Å². The molecule has 0 bridgehead atoms. The van der Waals surface area contributed by atoms with Crippen LogP contribution in [0.25, 0.3) is 0 Å². The molecule has 0 aromatic heterocycles. The van der Waals surface area contributed by atoms with Crippen LogP contribution >= 0.6 is 0 Å². The quantitative estimate of drug-likeness (QED) is 0.535. The van der Waals surface area contributed by atoms with Gasteiger partial charge >= 0.3 is 0 Å². The molecular weight excluding hydrogens is 130 g/mol. The van der Waals surface area contributed by atoms with Gasteiger partial charge in [0.25, 0.3) is 0 Å². The lowest BCUT2D eigenvalue weighted by molar-refractivity contribution is -0.114. The fourth-order valence-corrected chi connectivity index (χ4v) is 0.693. The standard InChI is InChI=1S/C7H5NO2/c8-4-5-1-2-6(9)3-7(5)10/h1-2,10H,3H2. The summed E-state index contributed by atoms with van der Waals surface area (Å²) in [6.07, 6.45) is 2.57. The van der Waals surface area contributed by atoms with Crippen LogP contribution in [0.1, 0.15) is 6.42 Å². The first kappa shape index (κ1) is 6.56. The van der Waals surface area contributed by atoms with Gasteiger partial charge in [0, 0.05) is 0 Å². The van der Waals surface area contributed by atoms with Crippen LogP contribution in [-0.4, -0.2) is 10.9 Å². The van der Waals surface area contributed by atoms with Crippen LogP contribution in [0.3, 0.4) is 0 Å². The van der Waals surface area contributed by atoms with Crippen molar-refractivity contribution in [3.8, 4) is 6.07 Å². The molecule has 3 heteroatoms. The van der Waals surface area contributed by atoms with Crippen LogP contribution in [-0.2, 0) is 4.79 Å². The minimum atomic E-state index is -0.170. The van der Waals surface area contributed by atoms with E-state index in [1.54, 1.807) is 6.07 Å². The smallest absolute Gasteiger partial charge is 0.163 e. The summed E-state index contributed by atoms with van der Waals surface area (Å²) >= 11 is 0. The Kier molecular flexibility index (Phi) is 1.55. The van der Waals surface area contributed by atoms with Gasteiger partial charge in [-0.15, -0.1) is 0 Å². The summed E-state index contributed by atoms with van der Waals surface area (Å²) in [5, 5.41) is 17.2. The number of hydrogen-bond donors (Lipinski definition) is 1. The predicted octanol–water partition coefficient (Wildman–Crippen LogP) is 0.851. The molecule has 0 saturated carbocycles. The number of aliphatic hydroxyl groups excluding tert-OH is 1. The Labute approximate surface area is 57.9 Å². The van der Waals surface area contributed by atoms with Crippen LogP contribution in [0.4, 0.5) is 0 Å². The first-order valence-electron chi connectivity index (χ1n) is 2.77. The zero-order valence-electron chi connectivity index (χ0n) is 5.16. The van der Waals surface area contributed by atoms with Crippen LogP contribution < -0.4 is 0 Å². The highest BCUT2D eigenvalue weighted by Gasteiger charge is 2.11. The monoisotopic (exact) mass is 135 g/mol. The fraction of sp³-hybridized carbons (Fsp3) is 0.143. The highest BCUT2D eigenvalue weighted by Crippen LogP contribution is 2.12. The summed E-state index contributed by atoms with van der Waals surface area (Å²) in [4.78, 5) is 10.5. The Bertz CT molecular complexity index is 268. The largest absolute Gasteiger partial charge is 0.510 e. The van der Waals surface area contributed by atoms with Gasteiger partial charge in [-0.3, -0.25) is 4.79 Å². The molecule has 0 fully saturated rings. The van der Waals surface area contributed by atoms with Gasteiger partial charge in [0.05, 0.1) is 12.0 Å². The number of carbonyl (C=O) groups is 1. The molecule has 3 nitrogen and oxygen atoms in total. The molecular formula is C7H5NO2. The molecule has 0 aromatic rings. The molecule has 0 amide bonds. The first-order valence-corrected chi connectivity index (χ1v) is 2.77. The lowest BCUT2D eigenvalue weighted by atomic mass is 10.1. The second kappa shape index (κ2) is 2.36. The highest BCUT2D eigenvalue weighted by atomic mass is 16.3. The molecule has 0 aliphatic heterocycles. The Hall–Kier alpha value is -1.56. The van der Waals surface area contributed by atoms with Gasteiger partial charge in [0.2, 0.25) is 0 Å². The Morgan fingerprint density at radius 2 is 2.30 bits per heavy atom. The molecule has 1 N–H and O–H groups in total. The van der Waals surface area contributed by atoms with Gasteiger partial charge in [-0.05, 0) is 12.2 Å². The van der Waals surface area contributed by atoms with E-state index in [0.29, 0.717) is 0 Å². The van der Waals surface area contributed by atoms with Crippen molar-refractivity contribution in [2.24, 2.45) is 0 Å². The summed E-state index contributed by atoms with van der Waals surface area (Å²) < 4.78 is 0. The van der Waals surface area contributed by atoms with Crippen molar-refractivity contribution in [1.82, 2.24) is 0 Å². The van der Waals surface area contributed by atoms with Gasteiger partial charge in [0.1, 0.15) is 11.8 Å². The van der Waals surface area contributed by atoms with Gasteiger partial charge in [-0.25, -0.2) is 0 Å². The molecule has 0 aromatic carbocycles. The molecule has 0 saturated heterocycles. The van der Waals surface area contributed by atoms with E-state index in [2.05, 4.69) is 0 Å². The van der Waals surface area contributed by atoms with Crippen molar-refractivity contribution >= 4 is 5.78 Å². The van der Waals surface area contributed by atoms with E-state index in [1.807, 2.05) is 0 Å². The number of rotatable bonds is 0. The molecule has 0 heterocycles. The summed E-state index contributed by atoms with van der Waals surface area (Å²) in [5.74, 6) is -0.300. The topological polar surface area (TPSA) is 61.1 Å². The summed E-state index contributed by atoms with van der Waals surface area (Å²) in [5.41, 5.74) is 0.180. The number of allylic oxidation sites excluding steroid dienone is 4. The molecule has 1 aliphatic carbocycles. The lowest BCUT2D eigenvalue weighted by Crippen LogP contribution is -2.02. The third kappa shape index (κ3) is 1.06. The van der Waals surface area contributed by atoms with E-state index in [4.69, 9.17) is 10.4 Å². The first-order chi connectivity index (χ1) is 4.74. The average Bonchev–Trinajstić information content (AvgIpc) is 1.88. The number of nitrogens with zero attached hydrogens (tertiary/aromatic N) is 1. The van der Waals surface area contributed by atoms with Crippen LogP contribution in [0.15, 0.2) is 23.5 Å². The van der Waals surface area contributed by atoms with E-state index >= 15 is 0 Å². The van der Waals surface area contributed by atoms with E-state index in [0.717, 1.165) is 0 Å². The maximum Gasteiger partial charge on any atom is 0.163 e. The summed E-state index contributed by atoms with van der Waals surface area (Å²) in [6, 6.07) is 1.76. The molecule has 50 valence electrons. The molecule has 0 atom stereocenters. The maximum atomic E-state index is 10.5. The van der Waals surface area contributed by atoms with Crippen molar-refractivity contribution in [3.05, 3.63) is 23.5 Å². The van der Waals surface area contributed by atoms with E-state index in [-0.39, 0.29) is 23.5 Å². The van der Waals surface area contributed by atoms with Crippen molar-refractivity contribution < 1.29 is 9.90 Å². The second-order valence-corrected chi connectivity index (χ2v) is 1.95. The van der Waals surface area contributed by atoms with E-state index in [1.165, 1.54) is 12.2 Å². The lowest BCUT2D eigenvalue weighted by Gasteiger charge is -2.01. The molecule has 1 aliphatic rings. The van der Waals surface area contributed by atoms with Gasteiger partial charge in [-0.2, -0.15) is 5.26 Å². The highest BCUT2D eigenvalue weighted by molar-refractivity contribution is 5.93. The second-order valence-electron chi connectivity index (χ2n) is 1.95. The molecule has 1 rings (SSSR count). The molecule has 0 unspecified atom stereocenters. The summed E-state index contributed by atoms with van der Waals surface area (Å²) in [6.45, 7) is 0. The minimum Gasteiger partial charge on any atom is -0.510 e. The summed E-state index contributed by atoms with van der Waals surface area (Å²) in [7, 11) is 0. The Morgan fingerprint density at radius 1 is 1.60 bits per heavy atom. The Balaban J connectivity index is 2.96. The number of carbonyl (C=O) groups excluding carboxylic acids is 1. The number of ketones is 1. The van der Waals surface area contributed by atoms with Gasteiger partial charge in [-0.1, -0.05) is 0 Å². The van der Waals surface area contributed by atoms with Crippen LogP contribution in [0.2, 0.25) is 0 Å². The third-order valence-corrected chi connectivity index (χ3v) is 1.21. The molecule has 0 radical (unpaired) electrons. The van der Waals surface area contributed by atoms with E-state index in [9.17, 15) is 4.79 Å². The van der Waals surface area contributed by atoms with Crippen LogP contribution in [0.5, 0.6) is 0 Å². The Morgan fingerprint density at radius 3 is 2.80 bits per heavy atom. The average molecular weight is 135 g/mol. The number of nitriles is 1. The molecule has 0 spiro atoms. The zero-order valence-corrected chi connectivity index (χ0v) is 5.16. The van der Waals surface area contributed by atoms with Crippen molar-refractivity contribution in [3.63, 3.8) is 0 Å². The third-order valence-electron chi connectivity index (χ3n) is 1.21. The van der Waals surface area contributed by atoms with Crippen molar-refractivity contribution in [1.29, 1.82) is 5.26 Å². The van der Waals surface area contributed by atoms with E-state index < -0.39 is 0 Å². The number of hydrogen-bond acceptors (Lipinski definition) is 3. The normalized spacial score (nSPS) is 17.3. The fourth-order valence-electron chi connectivity index (χ4n) is 0.693. The SMILES string of the molecule is N#CC1=C(O)CC(=O)C=C1. The maximum absolute atomic E-state index is 10.5. The van der Waals surface area contributed by atoms with Gasteiger partial charge in [0.15, 0.2) is 5.78 Å². The molecule has 10 heavy (non-hydrogen) atoms. The van der Waals surface area contributed by atoms with Crippen molar-refractivity contribution in [2.75, 3.05) is 0 Å². The van der Waals surface area contributed by atoms with Crippen molar-refractivity contribution in [2.45, 2.75) is 6.42 Å². The number of aliphatic hydroxyl groups is 1.